The van der Waals surface area contributed by atoms with Crippen LogP contribution < -0.4 is 5.32 Å². The van der Waals surface area contributed by atoms with Gasteiger partial charge in [0.2, 0.25) is 0 Å². The Bertz CT molecular complexity index is 132. The average Bonchev–Trinajstić information content (AvgIpc) is 2.01. The summed E-state index contributed by atoms with van der Waals surface area (Å²) in [5, 5.41) is 12.0. The molecule has 0 saturated heterocycles. The van der Waals surface area contributed by atoms with E-state index in [0.29, 0.717) is 24.7 Å². The second-order valence-electron chi connectivity index (χ2n) is 2.51. The maximum atomic E-state index is 11.1. The largest absolute Gasteiger partial charge is 0.391 e. The maximum absolute atomic E-state index is 11.1. The van der Waals surface area contributed by atoms with Crippen LogP contribution in [-0.4, -0.2) is 54.2 Å². The van der Waals surface area contributed by atoms with E-state index < -0.39 is 16.9 Å². The molecule has 0 fully saturated rings. The minimum absolute atomic E-state index is 0.324. The molecule has 2 N–H and O–H groups in total. The van der Waals surface area contributed by atoms with Gasteiger partial charge in [0.05, 0.1) is 18.5 Å². The van der Waals surface area contributed by atoms with E-state index in [9.17, 15) is 9.32 Å². The molecular weight excluding hydrogens is 178 g/mol. The van der Waals surface area contributed by atoms with Crippen LogP contribution in [0.25, 0.3) is 0 Å². The molecule has 2 unspecified atom stereocenters. The predicted octanol–water partition coefficient (Wildman–Crippen LogP) is -1.04. The van der Waals surface area contributed by atoms with Gasteiger partial charge in [0.15, 0.2) is 0 Å². The lowest BCUT2D eigenvalue weighted by molar-refractivity contribution is 0.197. The third kappa shape index (κ3) is 6.72. The van der Waals surface area contributed by atoms with Crippen LogP contribution in [0.5, 0.6) is 0 Å². The smallest absolute Gasteiger partial charge is 0.0779 e. The first-order valence-corrected chi connectivity index (χ1v) is 5.36. The topological polar surface area (TPSA) is 58.6 Å². The van der Waals surface area contributed by atoms with Crippen LogP contribution in [0.1, 0.15) is 0 Å². The van der Waals surface area contributed by atoms with Crippen LogP contribution in [-0.2, 0) is 15.5 Å². The molecule has 0 rings (SSSR count). The molecule has 0 saturated carbocycles. The first kappa shape index (κ1) is 12.0. The van der Waals surface area contributed by atoms with E-state index in [0.717, 1.165) is 0 Å². The van der Waals surface area contributed by atoms with Crippen LogP contribution in [0.15, 0.2) is 0 Å². The summed E-state index contributed by atoms with van der Waals surface area (Å²) in [6.45, 7) is 0.970. The number of hydrogen-bond donors (Lipinski definition) is 2. The van der Waals surface area contributed by atoms with Crippen molar-refractivity contribution in [2.45, 2.75) is 6.10 Å². The zero-order chi connectivity index (χ0) is 9.40. The Labute approximate surface area is 75.8 Å². The van der Waals surface area contributed by atoms with Gasteiger partial charge in [0, 0.05) is 30.2 Å². The molecule has 0 aliphatic rings. The van der Waals surface area contributed by atoms with Crippen molar-refractivity contribution in [1.82, 2.24) is 5.32 Å². The quantitative estimate of drug-likeness (QED) is 0.545. The number of nitrogens with one attached hydrogen (secondary N) is 1. The highest BCUT2D eigenvalue weighted by atomic mass is 32.2. The average molecular weight is 195 g/mol. The van der Waals surface area contributed by atoms with E-state index in [1.54, 1.807) is 14.2 Å². The van der Waals surface area contributed by atoms with Gasteiger partial charge < -0.3 is 15.2 Å². The van der Waals surface area contributed by atoms with Crippen LogP contribution in [0.2, 0.25) is 0 Å². The van der Waals surface area contributed by atoms with E-state index in [1.165, 1.54) is 0 Å². The fraction of sp³-hybridized carbons (Fsp3) is 1.00. The lowest BCUT2D eigenvalue weighted by Crippen LogP contribution is -2.29. The van der Waals surface area contributed by atoms with Gasteiger partial charge in [-0.2, -0.15) is 0 Å². The van der Waals surface area contributed by atoms with Crippen molar-refractivity contribution in [3.8, 4) is 0 Å². The molecule has 5 heteroatoms. The highest BCUT2D eigenvalue weighted by Crippen LogP contribution is 1.88. The lowest BCUT2D eigenvalue weighted by atomic mass is 10.4. The van der Waals surface area contributed by atoms with Crippen molar-refractivity contribution in [2.24, 2.45) is 0 Å². The molecular formula is C7H17NO3S. The molecule has 2 atom stereocenters. The standard InChI is InChI=1S/C7H17NO3S/c1-8-5-7(9)6-12(10)4-3-11-2/h7-9H,3-6H2,1-2H3. The van der Waals surface area contributed by atoms with Gasteiger partial charge in [-0.25, -0.2) is 0 Å². The number of methoxy groups -OCH3 is 1. The van der Waals surface area contributed by atoms with E-state index in [4.69, 9.17) is 4.74 Å². The van der Waals surface area contributed by atoms with Crippen LogP contribution in [0, 0.1) is 0 Å². The van der Waals surface area contributed by atoms with E-state index >= 15 is 0 Å². The van der Waals surface area contributed by atoms with Gasteiger partial charge in [0.1, 0.15) is 0 Å². The van der Waals surface area contributed by atoms with E-state index in [-0.39, 0.29) is 0 Å². The van der Waals surface area contributed by atoms with Gasteiger partial charge in [-0.1, -0.05) is 0 Å². The first-order valence-electron chi connectivity index (χ1n) is 3.87. The summed E-state index contributed by atoms with van der Waals surface area (Å²) in [6, 6.07) is 0. The van der Waals surface area contributed by atoms with Gasteiger partial charge >= 0.3 is 0 Å². The fourth-order valence-corrected chi connectivity index (χ4v) is 1.83. The van der Waals surface area contributed by atoms with Crippen molar-refractivity contribution in [3.05, 3.63) is 0 Å². The minimum Gasteiger partial charge on any atom is -0.391 e. The zero-order valence-electron chi connectivity index (χ0n) is 7.58. The van der Waals surface area contributed by atoms with Crippen molar-refractivity contribution < 1.29 is 14.1 Å². The minimum atomic E-state index is -0.966. The zero-order valence-corrected chi connectivity index (χ0v) is 8.39. The van der Waals surface area contributed by atoms with Crippen molar-refractivity contribution in [1.29, 1.82) is 0 Å². The molecule has 0 bridgehead atoms. The Morgan fingerprint density at radius 1 is 1.67 bits per heavy atom. The number of hydrogen-bond acceptors (Lipinski definition) is 4. The Hall–Kier alpha value is 0.0300. The van der Waals surface area contributed by atoms with Crippen LogP contribution in [0.4, 0.5) is 0 Å². The summed E-state index contributed by atoms with van der Waals surface area (Å²) in [5.41, 5.74) is 0. The third-order valence-corrected chi connectivity index (χ3v) is 2.71. The lowest BCUT2D eigenvalue weighted by Gasteiger charge is -2.08. The molecule has 0 heterocycles. The van der Waals surface area contributed by atoms with E-state index in [1.807, 2.05) is 0 Å². The molecule has 0 aromatic carbocycles. The number of ether oxygens (including phenoxy) is 1. The van der Waals surface area contributed by atoms with Gasteiger partial charge in [0.25, 0.3) is 0 Å². The van der Waals surface area contributed by atoms with Crippen molar-refractivity contribution in [3.63, 3.8) is 0 Å². The monoisotopic (exact) mass is 195 g/mol. The van der Waals surface area contributed by atoms with Gasteiger partial charge in [-0.3, -0.25) is 4.21 Å². The molecule has 0 aromatic rings. The van der Waals surface area contributed by atoms with Gasteiger partial charge in [-0.05, 0) is 7.05 Å². The normalized spacial score (nSPS) is 15.9. The molecule has 4 nitrogen and oxygen atoms in total. The SMILES string of the molecule is CNCC(O)CS(=O)CCOC. The van der Waals surface area contributed by atoms with Crippen molar-refractivity contribution >= 4 is 10.8 Å². The summed E-state index contributed by atoms with van der Waals surface area (Å²) < 4.78 is 15.9. The summed E-state index contributed by atoms with van der Waals surface area (Å²) >= 11 is 0. The predicted molar refractivity (Wildman–Crippen MR) is 49.7 cm³/mol. The Morgan fingerprint density at radius 3 is 2.83 bits per heavy atom. The summed E-state index contributed by atoms with van der Waals surface area (Å²) in [7, 11) is 2.36. The Morgan fingerprint density at radius 2 is 2.33 bits per heavy atom. The summed E-state index contributed by atoms with van der Waals surface area (Å²) in [5.74, 6) is 0.821. The molecule has 0 aromatic heterocycles. The molecule has 74 valence electrons. The highest BCUT2D eigenvalue weighted by molar-refractivity contribution is 7.85. The van der Waals surface area contributed by atoms with E-state index in [2.05, 4.69) is 5.32 Å². The second-order valence-corrected chi connectivity index (χ2v) is 4.14. The number of likely N-dealkylation sites (N-methyl/N-ethyl adjacent to an activating group) is 1. The van der Waals surface area contributed by atoms with Crippen LogP contribution in [0.3, 0.4) is 0 Å². The third-order valence-electron chi connectivity index (χ3n) is 1.33. The number of aliphatic hydroxyl groups excluding tert-OH is 1. The number of rotatable bonds is 7. The number of aliphatic hydroxyl groups is 1. The maximum Gasteiger partial charge on any atom is 0.0779 e. The van der Waals surface area contributed by atoms with Gasteiger partial charge in [-0.15, -0.1) is 0 Å². The molecule has 12 heavy (non-hydrogen) atoms. The molecule has 0 radical (unpaired) electrons. The highest BCUT2D eigenvalue weighted by Gasteiger charge is 2.07. The van der Waals surface area contributed by atoms with Crippen molar-refractivity contribution in [2.75, 3.05) is 38.8 Å². The Balaban J connectivity index is 3.40. The summed E-state index contributed by atoms with van der Waals surface area (Å²) in [4.78, 5) is 0. The second kappa shape index (κ2) is 7.67. The molecule has 0 amide bonds. The Kier molecular flexibility index (Phi) is 7.69. The molecule has 0 aliphatic carbocycles. The molecule has 0 spiro atoms. The molecule has 0 aliphatic heterocycles. The first-order chi connectivity index (χ1) is 5.70. The summed E-state index contributed by atoms with van der Waals surface area (Å²) in [6.07, 6.45) is -0.521. The fourth-order valence-electron chi connectivity index (χ4n) is 0.769. The van der Waals surface area contributed by atoms with Crippen LogP contribution >= 0.6 is 0 Å².